The van der Waals surface area contributed by atoms with Crippen LogP contribution in [-0.4, -0.2) is 13.3 Å². The van der Waals surface area contributed by atoms with E-state index in [2.05, 4.69) is 4.74 Å². The third-order valence-electron chi connectivity index (χ3n) is 4.27. The summed E-state index contributed by atoms with van der Waals surface area (Å²) in [4.78, 5) is 23.9. The molecule has 6 nitrogen and oxygen atoms in total. The van der Waals surface area contributed by atoms with Gasteiger partial charge in [-0.05, 0) is 35.4 Å². The van der Waals surface area contributed by atoms with Gasteiger partial charge < -0.3 is 18.6 Å². The van der Waals surface area contributed by atoms with E-state index in [1.165, 1.54) is 31.6 Å². The number of carbonyl (C=O) groups excluding carboxylic acids is 1. The Morgan fingerprint density at radius 2 is 1.55 bits per heavy atom. The van der Waals surface area contributed by atoms with Crippen LogP contribution in [0, 0.1) is 0 Å². The van der Waals surface area contributed by atoms with Crippen LogP contribution in [0.25, 0.3) is 22.1 Å². The predicted molar refractivity (Wildman–Crippen MR) is 107 cm³/mol. The van der Waals surface area contributed by atoms with Gasteiger partial charge in [0.05, 0.1) is 12.5 Å². The van der Waals surface area contributed by atoms with Crippen LogP contribution in [0.5, 0.6) is 17.2 Å². The fraction of sp³-hybridized carbons (Fsp3) is 0.0435. The Morgan fingerprint density at radius 1 is 0.862 bits per heavy atom. The van der Waals surface area contributed by atoms with E-state index in [1.807, 2.05) is 42.5 Å². The van der Waals surface area contributed by atoms with E-state index in [9.17, 15) is 9.59 Å². The summed E-state index contributed by atoms with van der Waals surface area (Å²) in [5, 5.41) is 0.306. The van der Waals surface area contributed by atoms with Crippen molar-refractivity contribution in [2.75, 3.05) is 7.11 Å². The van der Waals surface area contributed by atoms with E-state index in [1.54, 1.807) is 12.1 Å². The number of hydrogen-bond acceptors (Lipinski definition) is 6. The molecule has 0 atom stereocenters. The van der Waals surface area contributed by atoms with Gasteiger partial charge in [-0.15, -0.1) is 0 Å². The summed E-state index contributed by atoms with van der Waals surface area (Å²) in [6, 6.07) is 21.8. The number of carbonyl (C=O) groups is 1. The zero-order chi connectivity index (χ0) is 20.2. The van der Waals surface area contributed by atoms with Crippen molar-refractivity contribution in [3.8, 4) is 28.4 Å². The maximum absolute atomic E-state index is 12.7. The number of methoxy groups -OCH3 is 1. The molecule has 0 N–H and O–H groups in total. The van der Waals surface area contributed by atoms with Crippen molar-refractivity contribution < 1.29 is 23.4 Å². The molecule has 0 saturated heterocycles. The molecule has 1 heterocycles. The van der Waals surface area contributed by atoms with Gasteiger partial charge in [-0.1, -0.05) is 42.5 Å². The molecule has 4 aromatic rings. The van der Waals surface area contributed by atoms with E-state index in [4.69, 9.17) is 13.9 Å². The molecule has 144 valence electrons. The van der Waals surface area contributed by atoms with E-state index in [0.29, 0.717) is 11.1 Å². The van der Waals surface area contributed by atoms with Gasteiger partial charge in [0.15, 0.2) is 0 Å². The van der Waals surface area contributed by atoms with Gasteiger partial charge >= 0.3 is 6.16 Å². The number of fused-ring (bicyclic) bond motifs is 1. The molecule has 0 spiro atoms. The van der Waals surface area contributed by atoms with Crippen LogP contribution >= 0.6 is 0 Å². The lowest BCUT2D eigenvalue weighted by atomic mass is 10.1. The first-order valence-corrected chi connectivity index (χ1v) is 8.79. The highest BCUT2D eigenvalue weighted by atomic mass is 16.7. The molecule has 0 fully saturated rings. The van der Waals surface area contributed by atoms with Crippen LogP contribution < -0.4 is 14.9 Å². The third kappa shape index (κ3) is 3.96. The van der Waals surface area contributed by atoms with Crippen molar-refractivity contribution in [3.05, 3.63) is 89.3 Å². The maximum Gasteiger partial charge on any atom is 0.513 e. The van der Waals surface area contributed by atoms with Gasteiger partial charge in [-0.2, -0.15) is 0 Å². The second-order valence-electron chi connectivity index (χ2n) is 6.14. The lowest BCUT2D eigenvalue weighted by Crippen LogP contribution is -2.08. The molecule has 0 radical (unpaired) electrons. The van der Waals surface area contributed by atoms with E-state index < -0.39 is 6.16 Å². The van der Waals surface area contributed by atoms with Crippen LogP contribution in [0.4, 0.5) is 4.79 Å². The molecular weight excluding hydrogens is 372 g/mol. The average Bonchev–Trinajstić information content (AvgIpc) is 2.77. The van der Waals surface area contributed by atoms with Crippen LogP contribution in [0.3, 0.4) is 0 Å². The molecule has 0 bridgehead atoms. The molecule has 29 heavy (non-hydrogen) atoms. The third-order valence-corrected chi connectivity index (χ3v) is 4.27. The molecule has 0 aliphatic carbocycles. The Balaban J connectivity index is 1.58. The molecule has 0 saturated carbocycles. The quantitative estimate of drug-likeness (QED) is 0.344. The van der Waals surface area contributed by atoms with E-state index in [-0.39, 0.29) is 22.5 Å². The highest BCUT2D eigenvalue weighted by molar-refractivity contribution is 5.80. The Labute approximate surface area is 165 Å². The zero-order valence-electron chi connectivity index (χ0n) is 15.5. The van der Waals surface area contributed by atoms with Crippen LogP contribution in [-0.2, 0) is 4.74 Å². The van der Waals surface area contributed by atoms with Crippen molar-refractivity contribution in [1.82, 2.24) is 0 Å². The molecule has 1 aromatic heterocycles. The van der Waals surface area contributed by atoms with E-state index in [0.717, 1.165) is 11.1 Å². The Bertz CT molecular complexity index is 1210. The van der Waals surface area contributed by atoms with Crippen molar-refractivity contribution in [3.63, 3.8) is 0 Å². The minimum absolute atomic E-state index is 0.0617. The van der Waals surface area contributed by atoms with Crippen molar-refractivity contribution in [1.29, 1.82) is 0 Å². The van der Waals surface area contributed by atoms with Gasteiger partial charge in [0, 0.05) is 6.07 Å². The van der Waals surface area contributed by atoms with Gasteiger partial charge in [0.2, 0.25) is 11.2 Å². The van der Waals surface area contributed by atoms with Crippen LogP contribution in [0.2, 0.25) is 0 Å². The first-order valence-electron chi connectivity index (χ1n) is 8.79. The number of benzene rings is 3. The van der Waals surface area contributed by atoms with Crippen LogP contribution in [0.1, 0.15) is 0 Å². The summed E-state index contributed by atoms with van der Waals surface area (Å²) < 4.78 is 20.6. The van der Waals surface area contributed by atoms with E-state index >= 15 is 0 Å². The topological polar surface area (TPSA) is 75.0 Å². The molecule has 0 amide bonds. The standard InChI is InChI=1S/C23H16O6/c1-26-23(25)29-18-11-12-19-20(13-18)27-14-21(22(19)24)28-17-9-7-16(8-10-17)15-5-3-2-4-6-15/h2-14H,1H3. The first-order chi connectivity index (χ1) is 14.1. The minimum Gasteiger partial charge on any atom is -0.460 e. The lowest BCUT2D eigenvalue weighted by Gasteiger charge is -2.08. The summed E-state index contributed by atoms with van der Waals surface area (Å²) in [5.41, 5.74) is 2.07. The summed E-state index contributed by atoms with van der Waals surface area (Å²) in [5.74, 6) is 0.784. The largest absolute Gasteiger partial charge is 0.513 e. The molecule has 6 heteroatoms. The number of hydrogen-bond donors (Lipinski definition) is 0. The molecule has 0 unspecified atom stereocenters. The smallest absolute Gasteiger partial charge is 0.460 e. The highest BCUT2D eigenvalue weighted by Crippen LogP contribution is 2.26. The SMILES string of the molecule is COC(=O)Oc1ccc2c(=O)c(Oc3ccc(-c4ccccc4)cc3)coc2c1. The molecule has 3 aromatic carbocycles. The fourth-order valence-corrected chi connectivity index (χ4v) is 2.84. The Kier molecular flexibility index (Phi) is 4.99. The maximum atomic E-state index is 12.7. The predicted octanol–water partition coefficient (Wildman–Crippen LogP) is 5.40. The lowest BCUT2D eigenvalue weighted by molar-refractivity contribution is 0.121. The summed E-state index contributed by atoms with van der Waals surface area (Å²) >= 11 is 0. The van der Waals surface area contributed by atoms with Gasteiger partial charge in [-0.3, -0.25) is 4.79 Å². The zero-order valence-corrected chi connectivity index (χ0v) is 15.5. The molecule has 4 rings (SSSR count). The van der Waals surface area contributed by atoms with Crippen molar-refractivity contribution >= 4 is 17.1 Å². The second-order valence-corrected chi connectivity index (χ2v) is 6.14. The van der Waals surface area contributed by atoms with Gasteiger partial charge in [0.1, 0.15) is 23.3 Å². The average molecular weight is 388 g/mol. The van der Waals surface area contributed by atoms with Gasteiger partial charge in [0.25, 0.3) is 0 Å². The monoisotopic (exact) mass is 388 g/mol. The summed E-state index contributed by atoms with van der Waals surface area (Å²) in [7, 11) is 1.21. The van der Waals surface area contributed by atoms with Crippen molar-refractivity contribution in [2.24, 2.45) is 0 Å². The fourth-order valence-electron chi connectivity index (χ4n) is 2.84. The van der Waals surface area contributed by atoms with Crippen LogP contribution in [0.15, 0.2) is 88.3 Å². The Morgan fingerprint density at radius 3 is 2.28 bits per heavy atom. The minimum atomic E-state index is -0.856. The molecular formula is C23H16O6. The molecule has 0 aliphatic heterocycles. The normalized spacial score (nSPS) is 10.5. The first kappa shape index (κ1) is 18.3. The van der Waals surface area contributed by atoms with Crippen molar-refractivity contribution in [2.45, 2.75) is 0 Å². The highest BCUT2D eigenvalue weighted by Gasteiger charge is 2.12. The summed E-state index contributed by atoms with van der Waals surface area (Å²) in [6.45, 7) is 0. The Hall–Kier alpha value is -4.06. The second kappa shape index (κ2) is 7.90. The number of ether oxygens (including phenoxy) is 3. The van der Waals surface area contributed by atoms with Gasteiger partial charge in [-0.25, -0.2) is 4.79 Å². The molecule has 0 aliphatic rings. The summed E-state index contributed by atoms with van der Waals surface area (Å²) in [6.07, 6.45) is 0.378. The number of rotatable bonds is 4.